The summed E-state index contributed by atoms with van der Waals surface area (Å²) in [6.07, 6.45) is 3.86. The van der Waals surface area contributed by atoms with E-state index < -0.39 is 0 Å². The number of benzene rings is 1. The van der Waals surface area contributed by atoms with Crippen LogP contribution in [0.2, 0.25) is 0 Å². The Morgan fingerprint density at radius 3 is 2.62 bits per heavy atom. The maximum Gasteiger partial charge on any atom is 0.241 e. The van der Waals surface area contributed by atoms with Gasteiger partial charge in [-0.1, -0.05) is 30.3 Å². The second-order valence-electron chi connectivity index (χ2n) is 4.10. The average molecular weight is 216 g/mol. The quantitative estimate of drug-likeness (QED) is 0.756. The van der Waals surface area contributed by atoms with Gasteiger partial charge in [0.1, 0.15) is 0 Å². The van der Waals surface area contributed by atoms with Crippen LogP contribution in [0.4, 0.5) is 0 Å². The SMILES string of the molecule is C/C(=C\NNC(=O)C1CC1)c1ccccc1. The number of carbonyl (C=O) groups is 1. The van der Waals surface area contributed by atoms with Crippen LogP contribution in [0, 0.1) is 5.92 Å². The number of hydrazine groups is 1. The van der Waals surface area contributed by atoms with Crippen LogP contribution in [-0.2, 0) is 4.79 Å². The minimum Gasteiger partial charge on any atom is -0.306 e. The van der Waals surface area contributed by atoms with E-state index in [0.29, 0.717) is 0 Å². The summed E-state index contributed by atoms with van der Waals surface area (Å²) in [6.45, 7) is 2.01. The van der Waals surface area contributed by atoms with Crippen molar-refractivity contribution < 1.29 is 4.79 Å². The van der Waals surface area contributed by atoms with E-state index in [1.54, 1.807) is 0 Å². The summed E-state index contributed by atoms with van der Waals surface area (Å²) in [7, 11) is 0. The molecule has 0 heterocycles. The molecular weight excluding hydrogens is 200 g/mol. The molecule has 1 aliphatic carbocycles. The third kappa shape index (κ3) is 2.86. The number of carbonyl (C=O) groups excluding carboxylic acids is 1. The van der Waals surface area contributed by atoms with E-state index in [0.717, 1.165) is 24.0 Å². The number of nitrogens with one attached hydrogen (secondary N) is 2. The van der Waals surface area contributed by atoms with Crippen LogP contribution in [0.25, 0.3) is 5.57 Å². The third-order valence-electron chi connectivity index (χ3n) is 2.66. The maximum absolute atomic E-state index is 11.3. The fourth-order valence-corrected chi connectivity index (χ4v) is 1.45. The zero-order valence-corrected chi connectivity index (χ0v) is 9.36. The van der Waals surface area contributed by atoms with Crippen molar-refractivity contribution in [3.05, 3.63) is 42.1 Å². The molecule has 3 nitrogen and oxygen atoms in total. The van der Waals surface area contributed by atoms with Crippen molar-refractivity contribution in [1.82, 2.24) is 10.9 Å². The molecule has 0 aromatic heterocycles. The number of hydrogen-bond acceptors (Lipinski definition) is 2. The summed E-state index contributed by atoms with van der Waals surface area (Å²) in [5.41, 5.74) is 7.77. The van der Waals surface area contributed by atoms with Crippen molar-refractivity contribution in [2.24, 2.45) is 5.92 Å². The van der Waals surface area contributed by atoms with E-state index in [1.165, 1.54) is 0 Å². The van der Waals surface area contributed by atoms with Crippen LogP contribution in [0.5, 0.6) is 0 Å². The van der Waals surface area contributed by atoms with Gasteiger partial charge in [0.2, 0.25) is 5.91 Å². The smallest absolute Gasteiger partial charge is 0.241 e. The predicted octanol–water partition coefficient (Wildman–Crippen LogP) is 2.08. The van der Waals surface area contributed by atoms with Crippen molar-refractivity contribution in [1.29, 1.82) is 0 Å². The summed E-state index contributed by atoms with van der Waals surface area (Å²) in [4.78, 5) is 11.3. The highest BCUT2D eigenvalue weighted by Crippen LogP contribution is 2.28. The molecule has 84 valence electrons. The van der Waals surface area contributed by atoms with Gasteiger partial charge in [-0.2, -0.15) is 0 Å². The number of allylic oxidation sites excluding steroid dienone is 1. The highest BCUT2D eigenvalue weighted by atomic mass is 16.2. The molecule has 0 aliphatic heterocycles. The highest BCUT2D eigenvalue weighted by Gasteiger charge is 2.29. The average Bonchev–Trinajstić information content (AvgIpc) is 3.14. The molecule has 0 atom stereocenters. The van der Waals surface area contributed by atoms with Gasteiger partial charge in [0.25, 0.3) is 0 Å². The van der Waals surface area contributed by atoms with E-state index in [1.807, 2.05) is 43.5 Å². The summed E-state index contributed by atoms with van der Waals surface area (Å²) < 4.78 is 0. The van der Waals surface area contributed by atoms with Gasteiger partial charge in [-0.25, -0.2) is 0 Å². The second-order valence-corrected chi connectivity index (χ2v) is 4.10. The molecule has 1 amide bonds. The molecule has 1 aromatic rings. The van der Waals surface area contributed by atoms with E-state index in [2.05, 4.69) is 10.9 Å². The molecular formula is C13H16N2O. The largest absolute Gasteiger partial charge is 0.306 e. The van der Waals surface area contributed by atoms with Crippen molar-refractivity contribution in [2.45, 2.75) is 19.8 Å². The first kappa shape index (κ1) is 10.7. The van der Waals surface area contributed by atoms with Crippen LogP contribution >= 0.6 is 0 Å². The lowest BCUT2D eigenvalue weighted by molar-refractivity contribution is -0.122. The van der Waals surface area contributed by atoms with Crippen molar-refractivity contribution >= 4 is 11.5 Å². The Morgan fingerprint density at radius 1 is 1.31 bits per heavy atom. The van der Waals surface area contributed by atoms with Crippen LogP contribution in [0.1, 0.15) is 25.3 Å². The summed E-state index contributed by atoms with van der Waals surface area (Å²) in [6, 6.07) is 10.1. The molecule has 0 saturated heterocycles. The van der Waals surface area contributed by atoms with E-state index in [4.69, 9.17) is 0 Å². The number of amides is 1. The maximum atomic E-state index is 11.3. The summed E-state index contributed by atoms with van der Waals surface area (Å²) >= 11 is 0. The van der Waals surface area contributed by atoms with Gasteiger partial charge in [0, 0.05) is 12.1 Å². The Balaban J connectivity index is 1.84. The zero-order chi connectivity index (χ0) is 11.4. The van der Waals surface area contributed by atoms with E-state index >= 15 is 0 Å². The van der Waals surface area contributed by atoms with Gasteiger partial charge in [0.05, 0.1) is 0 Å². The lowest BCUT2D eigenvalue weighted by Crippen LogP contribution is -2.34. The highest BCUT2D eigenvalue weighted by molar-refractivity contribution is 5.80. The molecule has 1 saturated carbocycles. The molecule has 1 aromatic carbocycles. The normalized spacial score (nSPS) is 15.7. The Hall–Kier alpha value is -1.77. The van der Waals surface area contributed by atoms with Crippen LogP contribution < -0.4 is 10.9 Å². The number of rotatable bonds is 4. The lowest BCUT2D eigenvalue weighted by atomic mass is 10.1. The van der Waals surface area contributed by atoms with Crippen molar-refractivity contribution in [2.75, 3.05) is 0 Å². The monoisotopic (exact) mass is 216 g/mol. The van der Waals surface area contributed by atoms with Crippen LogP contribution in [0.15, 0.2) is 36.5 Å². The Kier molecular flexibility index (Phi) is 3.25. The molecule has 0 bridgehead atoms. The molecule has 0 unspecified atom stereocenters. The predicted molar refractivity (Wildman–Crippen MR) is 64.1 cm³/mol. The summed E-state index contributed by atoms with van der Waals surface area (Å²) in [5, 5.41) is 0. The third-order valence-corrected chi connectivity index (χ3v) is 2.66. The Bertz CT molecular complexity index is 394. The lowest BCUT2D eigenvalue weighted by Gasteiger charge is -2.05. The van der Waals surface area contributed by atoms with Gasteiger partial charge in [-0.15, -0.1) is 0 Å². The fourth-order valence-electron chi connectivity index (χ4n) is 1.45. The van der Waals surface area contributed by atoms with Crippen molar-refractivity contribution in [3.8, 4) is 0 Å². The zero-order valence-electron chi connectivity index (χ0n) is 9.36. The minimum absolute atomic E-state index is 0.0945. The molecule has 1 fully saturated rings. The van der Waals surface area contributed by atoms with E-state index in [9.17, 15) is 4.79 Å². The Morgan fingerprint density at radius 2 is 2.00 bits per heavy atom. The minimum atomic E-state index is 0.0945. The van der Waals surface area contributed by atoms with Crippen molar-refractivity contribution in [3.63, 3.8) is 0 Å². The molecule has 16 heavy (non-hydrogen) atoms. The first-order valence-electron chi connectivity index (χ1n) is 5.55. The van der Waals surface area contributed by atoms with E-state index in [-0.39, 0.29) is 11.8 Å². The molecule has 2 rings (SSSR count). The Labute approximate surface area is 95.5 Å². The van der Waals surface area contributed by atoms with Gasteiger partial charge in [0.15, 0.2) is 0 Å². The molecule has 3 heteroatoms. The first-order valence-corrected chi connectivity index (χ1v) is 5.55. The molecule has 1 aliphatic rings. The number of hydrogen-bond donors (Lipinski definition) is 2. The van der Waals surface area contributed by atoms with Gasteiger partial charge in [-0.05, 0) is 30.9 Å². The fraction of sp³-hybridized carbons (Fsp3) is 0.308. The summed E-state index contributed by atoms with van der Waals surface area (Å²) in [5.74, 6) is 0.329. The van der Waals surface area contributed by atoms with Crippen LogP contribution in [-0.4, -0.2) is 5.91 Å². The molecule has 0 radical (unpaired) electrons. The van der Waals surface area contributed by atoms with Gasteiger partial charge in [-0.3, -0.25) is 10.2 Å². The molecule has 0 spiro atoms. The van der Waals surface area contributed by atoms with Crippen LogP contribution in [0.3, 0.4) is 0 Å². The topological polar surface area (TPSA) is 41.1 Å². The van der Waals surface area contributed by atoms with Gasteiger partial charge >= 0.3 is 0 Å². The second kappa shape index (κ2) is 4.84. The van der Waals surface area contributed by atoms with Gasteiger partial charge < -0.3 is 5.43 Å². The first-order chi connectivity index (χ1) is 7.77. The standard InChI is InChI=1S/C13H16N2O/c1-10(11-5-3-2-4-6-11)9-14-15-13(16)12-7-8-12/h2-6,9,12,14H,7-8H2,1H3,(H,15,16)/b10-9+. The molecule has 2 N–H and O–H groups in total.